The molecule has 20 heavy (non-hydrogen) atoms. The zero-order chi connectivity index (χ0) is 14.6. The molecule has 7 heteroatoms. The number of benzene rings is 1. The van der Waals surface area contributed by atoms with Crippen LogP contribution in [-0.4, -0.2) is 23.2 Å². The number of nitrogens with one attached hydrogen (secondary N) is 1. The van der Waals surface area contributed by atoms with Crippen LogP contribution in [0.4, 0.5) is 5.69 Å². The second kappa shape index (κ2) is 4.68. The molecule has 2 aliphatic heterocycles. The Balaban J connectivity index is 2.31. The summed E-state index contributed by atoms with van der Waals surface area (Å²) in [7, 11) is 1.71. The van der Waals surface area contributed by atoms with Crippen LogP contribution in [0.3, 0.4) is 0 Å². The largest absolute Gasteiger partial charge is 0.310 e. The maximum Gasteiger partial charge on any atom is 0.264 e. The van der Waals surface area contributed by atoms with Crippen molar-refractivity contribution in [2.75, 3.05) is 11.9 Å². The number of carbonyl (C=O) groups is 2. The molecule has 1 fully saturated rings. The van der Waals surface area contributed by atoms with Crippen molar-refractivity contribution in [1.82, 2.24) is 5.32 Å². The Labute approximate surface area is 133 Å². The van der Waals surface area contributed by atoms with Crippen molar-refractivity contribution >= 4 is 67.3 Å². The van der Waals surface area contributed by atoms with Crippen LogP contribution in [0.1, 0.15) is 11.1 Å². The highest BCUT2D eigenvalue weighted by molar-refractivity contribution is 9.10. The number of carbonyl (C=O) groups excluding carboxylic acids is 2. The van der Waals surface area contributed by atoms with Gasteiger partial charge in [0.2, 0.25) is 0 Å². The molecule has 1 saturated heterocycles. The van der Waals surface area contributed by atoms with E-state index in [0.29, 0.717) is 14.8 Å². The summed E-state index contributed by atoms with van der Waals surface area (Å²) in [6.07, 6.45) is 0. The van der Waals surface area contributed by atoms with Crippen LogP contribution >= 0.6 is 39.9 Å². The highest BCUT2D eigenvalue weighted by atomic mass is 79.9. The van der Waals surface area contributed by atoms with E-state index in [2.05, 4.69) is 21.2 Å². The maximum atomic E-state index is 12.5. The molecule has 2 heterocycles. The van der Waals surface area contributed by atoms with Gasteiger partial charge in [0.25, 0.3) is 11.8 Å². The highest BCUT2D eigenvalue weighted by Crippen LogP contribution is 2.44. The van der Waals surface area contributed by atoms with Crippen molar-refractivity contribution in [3.63, 3.8) is 0 Å². The van der Waals surface area contributed by atoms with Gasteiger partial charge in [-0.1, -0.05) is 39.9 Å². The molecule has 4 nitrogen and oxygen atoms in total. The predicted octanol–water partition coefficient (Wildman–Crippen LogP) is 2.59. The van der Waals surface area contributed by atoms with Gasteiger partial charge in [0.05, 0.1) is 16.2 Å². The smallest absolute Gasteiger partial charge is 0.264 e. The molecule has 2 amide bonds. The summed E-state index contributed by atoms with van der Waals surface area (Å²) in [6.45, 7) is 1.94. The van der Waals surface area contributed by atoms with Gasteiger partial charge in [0.15, 0.2) is 0 Å². The van der Waals surface area contributed by atoms with Crippen molar-refractivity contribution in [3.8, 4) is 0 Å². The van der Waals surface area contributed by atoms with Crippen LogP contribution in [0.15, 0.2) is 21.5 Å². The van der Waals surface area contributed by atoms with Crippen LogP contribution < -0.4 is 10.2 Å². The molecule has 102 valence electrons. The Morgan fingerprint density at radius 1 is 1.35 bits per heavy atom. The molecule has 3 rings (SSSR count). The van der Waals surface area contributed by atoms with Crippen molar-refractivity contribution in [1.29, 1.82) is 0 Å². The molecule has 0 atom stereocenters. The number of hydrogen-bond donors (Lipinski definition) is 1. The molecule has 0 spiro atoms. The molecule has 0 radical (unpaired) electrons. The minimum absolute atomic E-state index is 0.177. The third-order valence-electron chi connectivity index (χ3n) is 3.23. The van der Waals surface area contributed by atoms with E-state index in [1.54, 1.807) is 11.9 Å². The third kappa shape index (κ3) is 1.92. The summed E-state index contributed by atoms with van der Waals surface area (Å²) < 4.78 is 1.26. The Kier molecular flexibility index (Phi) is 3.23. The SMILES string of the molecule is Cc1cc(Br)cc2c1N(C)C(=O)C2=C1SC(=S)NC1=O. The number of thioether (sulfide) groups is 1. The number of thiocarbonyl (C=S) groups is 1. The fourth-order valence-corrected chi connectivity index (χ4v) is 4.14. The number of fused-ring (bicyclic) bond motifs is 1. The Bertz CT molecular complexity index is 727. The van der Waals surface area contributed by atoms with Crippen molar-refractivity contribution in [3.05, 3.63) is 32.6 Å². The van der Waals surface area contributed by atoms with Crippen molar-refractivity contribution in [2.45, 2.75) is 6.92 Å². The van der Waals surface area contributed by atoms with Gasteiger partial charge in [0, 0.05) is 17.1 Å². The summed E-state index contributed by atoms with van der Waals surface area (Å²) in [5, 5.41) is 2.55. The topological polar surface area (TPSA) is 49.4 Å². The molecule has 0 aromatic heterocycles. The summed E-state index contributed by atoms with van der Waals surface area (Å²) in [6, 6.07) is 3.81. The van der Waals surface area contributed by atoms with Gasteiger partial charge in [-0.05, 0) is 24.6 Å². The first-order chi connectivity index (χ1) is 9.40. The van der Waals surface area contributed by atoms with Gasteiger partial charge < -0.3 is 10.2 Å². The zero-order valence-electron chi connectivity index (χ0n) is 10.6. The number of nitrogens with zero attached hydrogens (tertiary/aromatic N) is 1. The fraction of sp³-hybridized carbons (Fsp3) is 0.154. The first-order valence-electron chi connectivity index (χ1n) is 5.76. The number of anilines is 1. The van der Waals surface area contributed by atoms with Gasteiger partial charge in [0.1, 0.15) is 4.32 Å². The van der Waals surface area contributed by atoms with Crippen LogP contribution in [0.5, 0.6) is 0 Å². The lowest BCUT2D eigenvalue weighted by Crippen LogP contribution is -2.23. The van der Waals surface area contributed by atoms with Crippen LogP contribution in [-0.2, 0) is 9.59 Å². The lowest BCUT2D eigenvalue weighted by atomic mass is 10.0. The molecular weight excluding hydrogens is 360 g/mol. The minimum atomic E-state index is -0.303. The van der Waals surface area contributed by atoms with Gasteiger partial charge in [-0.25, -0.2) is 0 Å². The monoisotopic (exact) mass is 368 g/mol. The number of likely N-dealkylation sites (N-methyl/N-ethyl adjacent to an activating group) is 1. The van der Waals surface area contributed by atoms with Crippen LogP contribution in [0, 0.1) is 6.92 Å². The fourth-order valence-electron chi connectivity index (χ4n) is 2.45. The van der Waals surface area contributed by atoms with Crippen molar-refractivity contribution in [2.24, 2.45) is 0 Å². The lowest BCUT2D eigenvalue weighted by molar-refractivity contribution is -0.116. The molecule has 0 unspecified atom stereocenters. The predicted molar refractivity (Wildman–Crippen MR) is 87.5 cm³/mol. The minimum Gasteiger partial charge on any atom is -0.310 e. The molecule has 2 aliphatic rings. The Morgan fingerprint density at radius 2 is 2.05 bits per heavy atom. The zero-order valence-corrected chi connectivity index (χ0v) is 13.8. The van der Waals surface area contributed by atoms with E-state index in [-0.39, 0.29) is 11.8 Å². The van der Waals surface area contributed by atoms with E-state index in [4.69, 9.17) is 12.2 Å². The summed E-state index contributed by atoms with van der Waals surface area (Å²) in [4.78, 5) is 26.4. The number of halogens is 1. The first kappa shape index (κ1) is 13.8. The highest BCUT2D eigenvalue weighted by Gasteiger charge is 2.38. The van der Waals surface area contributed by atoms with E-state index < -0.39 is 0 Å². The Hall–Kier alpha value is -1.18. The van der Waals surface area contributed by atoms with E-state index in [9.17, 15) is 9.59 Å². The molecule has 0 saturated carbocycles. The average Bonchev–Trinajstić information content (AvgIpc) is 2.78. The number of aryl methyl sites for hydroxylation is 1. The first-order valence-corrected chi connectivity index (χ1v) is 7.78. The summed E-state index contributed by atoms with van der Waals surface area (Å²) in [5.74, 6) is -0.481. The van der Waals surface area contributed by atoms with E-state index in [1.807, 2.05) is 19.1 Å². The lowest BCUT2D eigenvalue weighted by Gasteiger charge is -2.12. The summed E-state index contributed by atoms with van der Waals surface area (Å²) in [5.41, 5.74) is 3.01. The van der Waals surface area contributed by atoms with E-state index in [0.717, 1.165) is 33.0 Å². The Morgan fingerprint density at radius 3 is 2.65 bits per heavy atom. The van der Waals surface area contributed by atoms with Gasteiger partial charge in [-0.15, -0.1) is 0 Å². The third-order valence-corrected chi connectivity index (χ3v) is 4.92. The molecule has 1 aromatic rings. The number of hydrogen-bond acceptors (Lipinski definition) is 4. The second-order valence-corrected chi connectivity index (χ2v) is 7.13. The summed E-state index contributed by atoms with van der Waals surface area (Å²) >= 11 is 9.56. The molecular formula is C13H9BrN2O2S2. The average molecular weight is 369 g/mol. The number of rotatable bonds is 0. The van der Waals surface area contributed by atoms with Gasteiger partial charge >= 0.3 is 0 Å². The van der Waals surface area contributed by atoms with E-state index >= 15 is 0 Å². The quantitative estimate of drug-likeness (QED) is 0.564. The van der Waals surface area contributed by atoms with Crippen LogP contribution in [0.2, 0.25) is 0 Å². The van der Waals surface area contributed by atoms with Crippen LogP contribution in [0.25, 0.3) is 5.57 Å². The van der Waals surface area contributed by atoms with Gasteiger partial charge in [-0.3, -0.25) is 9.59 Å². The van der Waals surface area contributed by atoms with Crippen molar-refractivity contribution < 1.29 is 9.59 Å². The molecule has 1 aromatic carbocycles. The standard InChI is InChI=1S/C13H9BrN2O2S2/c1-5-3-6(14)4-7-8(12(18)16(2)9(5)7)10-11(17)15-13(19)20-10/h3-4H,1-2H3,(H,15,17,19). The normalized spacial score (nSPS) is 21.6. The van der Waals surface area contributed by atoms with E-state index in [1.165, 1.54) is 0 Å². The molecule has 0 aliphatic carbocycles. The van der Waals surface area contributed by atoms with Gasteiger partial charge in [-0.2, -0.15) is 0 Å². The second-order valence-electron chi connectivity index (χ2n) is 4.53. The molecule has 1 N–H and O–H groups in total. The molecule has 0 bridgehead atoms. The maximum absolute atomic E-state index is 12.5. The number of amides is 2.